The molecule has 0 N–H and O–H groups in total. The highest BCUT2D eigenvalue weighted by atomic mass is 15.0. The van der Waals surface area contributed by atoms with Crippen LogP contribution in [-0.4, -0.2) is 33.2 Å². The van der Waals surface area contributed by atoms with Crippen LogP contribution in [0.25, 0.3) is 222 Å². The Morgan fingerprint density at radius 1 is 0.121 bits per heavy atom. The van der Waals surface area contributed by atoms with Crippen LogP contribution in [0.1, 0.15) is 0 Å². The molecule has 7 heteroatoms. The van der Waals surface area contributed by atoms with E-state index in [1.54, 1.807) is 0 Å². The Bertz CT molecular complexity index is 7540. The van der Waals surface area contributed by atoms with Gasteiger partial charge in [-0.25, -0.2) is 15.0 Å². The van der Waals surface area contributed by atoms with Crippen LogP contribution in [0.4, 0.5) is 0 Å². The summed E-state index contributed by atoms with van der Waals surface area (Å²) >= 11 is 0. The summed E-state index contributed by atoms with van der Waals surface area (Å²) in [6, 6.07) is 167. The second-order valence-corrected chi connectivity index (χ2v) is 31.8. The van der Waals surface area contributed by atoms with Crippen LogP contribution < -0.4 is 0 Å². The number of rotatable bonds is 14. The van der Waals surface area contributed by atoms with Gasteiger partial charge in [-0.3, -0.25) is 0 Å². The number of fused-ring (bicyclic) bond motifs is 12. The molecule has 0 fully saturated rings. The van der Waals surface area contributed by atoms with Crippen molar-refractivity contribution < 1.29 is 0 Å². The highest BCUT2D eigenvalue weighted by Gasteiger charge is 2.21. The highest BCUT2D eigenvalue weighted by Crippen LogP contribution is 2.43. The summed E-state index contributed by atoms with van der Waals surface area (Å²) in [5.41, 5.74) is 35.0. The molecule has 0 bridgehead atoms. The molecule has 0 aliphatic rings. The second-order valence-electron chi connectivity index (χ2n) is 31.8. The Morgan fingerprint density at radius 2 is 0.331 bits per heavy atom. The predicted molar refractivity (Wildman–Crippen MR) is 518 cm³/mol. The first-order valence-electron chi connectivity index (χ1n) is 42.3. The van der Waals surface area contributed by atoms with Crippen molar-refractivity contribution in [2.24, 2.45) is 0 Å². The average Bonchev–Trinajstić information content (AvgIpc) is 1.60. The summed E-state index contributed by atoms with van der Waals surface area (Å²) in [4.78, 5) is 15.2. The fourth-order valence-electron chi connectivity index (χ4n) is 18.5. The van der Waals surface area contributed by atoms with Gasteiger partial charge in [0.2, 0.25) is 0 Å². The molecule has 0 spiro atoms. The smallest absolute Gasteiger partial charge is 0.160 e. The SMILES string of the molecule is c1ccc(-c2cc(-c3ccc(-n4c5ccccc5c5cc(-c6ccc(-c7ccc8c(c7)c7ccccc7n8-c7ccccc7)cc6)ccc54)cc3)cc(-c3ccccc3)n2)cc1.c1ccc(-c2cc(-c3ccccc3)nc(-c3ccc(-n4c5ccccc5c5cc(-c6ccc(-c7ccc8c(c7)c7ccccc7n8-c7ccccc7)cc6)ccc54)cc3)n2)cc1. The van der Waals surface area contributed by atoms with E-state index in [1.807, 2.05) is 48.5 Å². The maximum absolute atomic E-state index is 5.10. The molecule has 6 heterocycles. The number of pyridine rings is 1. The molecule has 0 saturated carbocycles. The van der Waals surface area contributed by atoms with Crippen molar-refractivity contribution >= 4 is 87.2 Å². The van der Waals surface area contributed by atoms with E-state index in [0.29, 0.717) is 5.82 Å². The van der Waals surface area contributed by atoms with E-state index < -0.39 is 0 Å². The van der Waals surface area contributed by atoms with E-state index in [2.05, 4.69) is 437 Å². The van der Waals surface area contributed by atoms with Gasteiger partial charge >= 0.3 is 0 Å². The summed E-state index contributed by atoms with van der Waals surface area (Å²) in [6.45, 7) is 0. The molecule has 580 valence electrons. The van der Waals surface area contributed by atoms with Gasteiger partial charge in [-0.1, -0.05) is 315 Å². The number of para-hydroxylation sites is 6. The van der Waals surface area contributed by atoms with E-state index in [-0.39, 0.29) is 0 Å². The molecule has 0 radical (unpaired) electrons. The zero-order chi connectivity index (χ0) is 82.0. The standard InChI is InChI=1S/C59H39N3.C58H38N4/c1-4-14-43(15-5-1)54-38-47(39-55(60-54)44-16-6-2-7-17-44)42-28-32-49(33-29-42)62-57-23-13-11-21-51(57)53-37-46(31-35-59(53)62)41-26-24-40(25-27-41)45-30-34-58-52(36-45)50-20-10-12-22-56(50)61(58)48-18-8-3-9-19-48;1-4-14-41(15-5-1)52-38-53(42-16-6-2-7-17-42)60-58(59-52)43-28-32-47(33-29-43)62-55-23-13-11-21-49(55)51-37-45(31-35-57(51)62)40-26-24-39(25-27-40)44-30-34-56-50(36-44)48-20-10-12-22-54(48)61(56)46-18-8-3-9-19-46/h1-39H;1-38H. The van der Waals surface area contributed by atoms with Gasteiger partial charge in [0.25, 0.3) is 0 Å². The van der Waals surface area contributed by atoms with Crippen molar-refractivity contribution in [2.75, 3.05) is 0 Å². The quantitative estimate of drug-likeness (QED) is 0.109. The molecule has 6 aromatic heterocycles. The largest absolute Gasteiger partial charge is 0.309 e. The Kier molecular flexibility index (Phi) is 18.1. The molecule has 0 unspecified atom stereocenters. The minimum absolute atomic E-state index is 0.700. The van der Waals surface area contributed by atoms with Gasteiger partial charge in [-0.2, -0.15) is 0 Å². The van der Waals surface area contributed by atoms with Crippen molar-refractivity contribution in [3.8, 4) is 135 Å². The fourth-order valence-corrected chi connectivity index (χ4v) is 18.5. The van der Waals surface area contributed by atoms with Crippen LogP contribution in [0.15, 0.2) is 467 Å². The first-order valence-corrected chi connectivity index (χ1v) is 42.3. The minimum atomic E-state index is 0.700. The second kappa shape index (κ2) is 31.0. The molecule has 0 aliphatic carbocycles. The van der Waals surface area contributed by atoms with Gasteiger partial charge in [0.05, 0.1) is 66.9 Å². The number of hydrogen-bond donors (Lipinski definition) is 0. The third kappa shape index (κ3) is 13.2. The molecule has 18 aromatic carbocycles. The zero-order valence-electron chi connectivity index (χ0n) is 67.6. The van der Waals surface area contributed by atoms with Crippen molar-refractivity contribution in [3.05, 3.63) is 467 Å². The zero-order valence-corrected chi connectivity index (χ0v) is 67.6. The normalized spacial score (nSPS) is 11.5. The summed E-state index contributed by atoms with van der Waals surface area (Å²) < 4.78 is 9.49. The number of aromatic nitrogens is 7. The molecule has 0 saturated heterocycles. The maximum Gasteiger partial charge on any atom is 0.160 e. The third-order valence-corrected chi connectivity index (χ3v) is 24.5. The first-order chi connectivity index (χ1) is 61.5. The lowest BCUT2D eigenvalue weighted by atomic mass is 9.98. The molecule has 0 amide bonds. The summed E-state index contributed by atoms with van der Waals surface area (Å²) in [5.74, 6) is 0.700. The molecule has 24 aromatic rings. The first kappa shape index (κ1) is 72.6. The van der Waals surface area contributed by atoms with Gasteiger partial charge in [-0.15, -0.1) is 0 Å². The molecule has 24 rings (SSSR count). The van der Waals surface area contributed by atoms with Gasteiger partial charge in [-0.05, 0) is 207 Å². The summed E-state index contributed by atoms with van der Waals surface area (Å²) in [6.07, 6.45) is 0. The fraction of sp³-hybridized carbons (Fsp3) is 0. The number of hydrogen-bond acceptors (Lipinski definition) is 3. The number of benzene rings is 18. The van der Waals surface area contributed by atoms with Gasteiger partial charge in [0, 0.05) is 93.7 Å². The summed E-state index contributed by atoms with van der Waals surface area (Å²) in [7, 11) is 0. The van der Waals surface area contributed by atoms with Crippen LogP contribution in [0.5, 0.6) is 0 Å². The lowest BCUT2D eigenvalue weighted by molar-refractivity contribution is 1.16. The predicted octanol–water partition coefficient (Wildman–Crippen LogP) is 30.6. The Balaban J connectivity index is 0.000000143. The molecule has 0 aliphatic heterocycles. The minimum Gasteiger partial charge on any atom is -0.309 e. The molecular weight excluding hydrogens is 1500 g/mol. The topological polar surface area (TPSA) is 58.4 Å². The van der Waals surface area contributed by atoms with Crippen LogP contribution >= 0.6 is 0 Å². The van der Waals surface area contributed by atoms with Gasteiger partial charge in [0.15, 0.2) is 5.82 Å². The third-order valence-electron chi connectivity index (χ3n) is 24.5. The monoisotopic (exact) mass is 1580 g/mol. The van der Waals surface area contributed by atoms with Crippen LogP contribution in [0, 0.1) is 0 Å². The van der Waals surface area contributed by atoms with E-state index in [1.165, 1.54) is 138 Å². The summed E-state index contributed by atoms with van der Waals surface area (Å²) in [5, 5.41) is 9.95. The van der Waals surface area contributed by atoms with E-state index in [0.717, 1.165) is 78.6 Å². The van der Waals surface area contributed by atoms with E-state index in [4.69, 9.17) is 15.0 Å². The molecular formula is C117H77N7. The average molecular weight is 1580 g/mol. The van der Waals surface area contributed by atoms with Gasteiger partial charge < -0.3 is 18.3 Å². The maximum atomic E-state index is 5.10. The highest BCUT2D eigenvalue weighted by molar-refractivity contribution is 6.14. The molecule has 0 atom stereocenters. The number of nitrogens with zero attached hydrogens (tertiary/aromatic N) is 7. The van der Waals surface area contributed by atoms with E-state index in [9.17, 15) is 0 Å². The van der Waals surface area contributed by atoms with Crippen molar-refractivity contribution in [1.82, 2.24) is 33.2 Å². The Labute approximate surface area is 717 Å². The van der Waals surface area contributed by atoms with Crippen molar-refractivity contribution in [3.63, 3.8) is 0 Å². The van der Waals surface area contributed by atoms with E-state index >= 15 is 0 Å². The molecule has 7 nitrogen and oxygen atoms in total. The van der Waals surface area contributed by atoms with Crippen molar-refractivity contribution in [1.29, 1.82) is 0 Å². The van der Waals surface area contributed by atoms with Crippen LogP contribution in [0.3, 0.4) is 0 Å². The Hall–Kier alpha value is -16.6. The lowest BCUT2D eigenvalue weighted by Gasteiger charge is -2.12. The van der Waals surface area contributed by atoms with Crippen molar-refractivity contribution in [2.45, 2.75) is 0 Å². The van der Waals surface area contributed by atoms with Crippen LogP contribution in [0.2, 0.25) is 0 Å². The molecule has 124 heavy (non-hydrogen) atoms. The Morgan fingerprint density at radius 3 is 0.621 bits per heavy atom. The van der Waals surface area contributed by atoms with Gasteiger partial charge in [0.1, 0.15) is 0 Å². The lowest BCUT2D eigenvalue weighted by Crippen LogP contribution is -1.97. The van der Waals surface area contributed by atoms with Crippen LogP contribution in [-0.2, 0) is 0 Å².